The Morgan fingerprint density at radius 2 is 1.91 bits per heavy atom. The predicted octanol–water partition coefficient (Wildman–Crippen LogP) is 3.83. The molecule has 0 saturated carbocycles. The number of carbonyl (C=O) groups excluding carboxylic acids is 1. The summed E-state index contributed by atoms with van der Waals surface area (Å²) in [5.74, 6) is 0.0387. The molecule has 0 heterocycles. The SMILES string of the molecule is CC(C)NC[C@@H](C)Oc1cc(F)cc(/C=C/C(=O)C(C)C)c1. The van der Waals surface area contributed by atoms with E-state index in [-0.39, 0.29) is 23.6 Å². The van der Waals surface area contributed by atoms with Crippen LogP contribution in [0.2, 0.25) is 0 Å². The average molecular weight is 307 g/mol. The zero-order valence-electron chi connectivity index (χ0n) is 14.0. The number of carbonyl (C=O) groups is 1. The Kier molecular flexibility index (Phi) is 7.25. The van der Waals surface area contributed by atoms with E-state index >= 15 is 0 Å². The van der Waals surface area contributed by atoms with Crippen LogP contribution in [0.5, 0.6) is 5.75 Å². The predicted molar refractivity (Wildman–Crippen MR) is 88.5 cm³/mol. The topological polar surface area (TPSA) is 38.3 Å². The number of hydrogen-bond donors (Lipinski definition) is 1. The molecule has 3 nitrogen and oxygen atoms in total. The van der Waals surface area contributed by atoms with Crippen LogP contribution in [0, 0.1) is 11.7 Å². The summed E-state index contributed by atoms with van der Waals surface area (Å²) in [6, 6.07) is 4.85. The Bertz CT molecular complexity index is 524. The molecule has 0 fully saturated rings. The van der Waals surface area contributed by atoms with Gasteiger partial charge in [-0.05, 0) is 30.7 Å². The van der Waals surface area contributed by atoms with Gasteiger partial charge in [0.2, 0.25) is 0 Å². The van der Waals surface area contributed by atoms with Crippen molar-refractivity contribution in [2.24, 2.45) is 5.92 Å². The summed E-state index contributed by atoms with van der Waals surface area (Å²) in [6.45, 7) is 10.4. The van der Waals surface area contributed by atoms with Crippen molar-refractivity contribution in [3.05, 3.63) is 35.7 Å². The second-order valence-electron chi connectivity index (χ2n) is 6.10. The van der Waals surface area contributed by atoms with E-state index in [1.165, 1.54) is 18.2 Å². The van der Waals surface area contributed by atoms with Gasteiger partial charge < -0.3 is 10.1 Å². The second-order valence-corrected chi connectivity index (χ2v) is 6.10. The number of ether oxygens (including phenoxy) is 1. The van der Waals surface area contributed by atoms with Gasteiger partial charge in [-0.25, -0.2) is 4.39 Å². The summed E-state index contributed by atoms with van der Waals surface area (Å²) >= 11 is 0. The molecule has 1 rings (SSSR count). The molecule has 0 aromatic heterocycles. The van der Waals surface area contributed by atoms with Crippen LogP contribution in [-0.2, 0) is 4.79 Å². The smallest absolute Gasteiger partial charge is 0.158 e. The van der Waals surface area contributed by atoms with Crippen LogP contribution in [-0.4, -0.2) is 24.5 Å². The number of nitrogens with one attached hydrogen (secondary N) is 1. The van der Waals surface area contributed by atoms with Gasteiger partial charge in [0.05, 0.1) is 0 Å². The molecule has 1 aromatic rings. The first-order chi connectivity index (χ1) is 10.3. The minimum absolute atomic E-state index is 0.0150. The zero-order chi connectivity index (χ0) is 16.7. The Morgan fingerprint density at radius 1 is 1.23 bits per heavy atom. The maximum atomic E-state index is 13.7. The van der Waals surface area contributed by atoms with Crippen LogP contribution in [0.3, 0.4) is 0 Å². The summed E-state index contributed by atoms with van der Waals surface area (Å²) in [5, 5.41) is 3.27. The molecular formula is C18H26FNO2. The molecule has 0 bridgehead atoms. The van der Waals surface area contributed by atoms with E-state index in [2.05, 4.69) is 19.2 Å². The third kappa shape index (κ3) is 6.85. The fourth-order valence-electron chi connectivity index (χ4n) is 1.80. The molecule has 0 amide bonds. The van der Waals surface area contributed by atoms with Crippen molar-refractivity contribution in [2.75, 3.05) is 6.54 Å². The molecule has 122 valence electrons. The van der Waals surface area contributed by atoms with Crippen molar-refractivity contribution in [3.8, 4) is 5.75 Å². The lowest BCUT2D eigenvalue weighted by atomic mass is 10.1. The van der Waals surface area contributed by atoms with Crippen LogP contribution >= 0.6 is 0 Å². The molecule has 0 unspecified atom stereocenters. The molecule has 0 aliphatic carbocycles. The molecule has 0 saturated heterocycles. The van der Waals surface area contributed by atoms with Crippen LogP contribution < -0.4 is 10.1 Å². The summed E-state index contributed by atoms with van der Waals surface area (Å²) < 4.78 is 19.4. The minimum Gasteiger partial charge on any atom is -0.489 e. The highest BCUT2D eigenvalue weighted by atomic mass is 19.1. The maximum Gasteiger partial charge on any atom is 0.158 e. The van der Waals surface area contributed by atoms with Crippen molar-refractivity contribution in [3.63, 3.8) is 0 Å². The van der Waals surface area contributed by atoms with Crippen LogP contribution in [0.4, 0.5) is 4.39 Å². The van der Waals surface area contributed by atoms with E-state index in [0.29, 0.717) is 23.9 Å². The highest BCUT2D eigenvalue weighted by Crippen LogP contribution is 2.19. The third-order valence-corrected chi connectivity index (χ3v) is 3.05. The van der Waals surface area contributed by atoms with Crippen LogP contribution in [0.1, 0.15) is 40.2 Å². The fraction of sp³-hybridized carbons (Fsp3) is 0.500. The van der Waals surface area contributed by atoms with E-state index in [1.54, 1.807) is 12.1 Å². The van der Waals surface area contributed by atoms with Gasteiger partial charge in [0.15, 0.2) is 5.78 Å². The Balaban J connectivity index is 2.75. The number of ketones is 1. The van der Waals surface area contributed by atoms with Gasteiger partial charge in [0.25, 0.3) is 0 Å². The molecule has 0 spiro atoms. The standard InChI is InChI=1S/C18H26FNO2/c1-12(2)18(21)7-6-15-8-16(19)10-17(9-15)22-14(5)11-20-13(3)4/h6-10,12-14,20H,11H2,1-5H3/b7-6+/t14-/m1/s1. The Hall–Kier alpha value is -1.68. The number of halogens is 1. The summed E-state index contributed by atoms with van der Waals surface area (Å²) in [7, 11) is 0. The normalized spacial score (nSPS) is 13.1. The molecule has 0 aliphatic heterocycles. The Morgan fingerprint density at radius 3 is 2.50 bits per heavy atom. The first-order valence-corrected chi connectivity index (χ1v) is 7.70. The number of rotatable bonds is 8. The summed E-state index contributed by atoms with van der Waals surface area (Å²) in [5.41, 5.74) is 0.619. The number of benzene rings is 1. The van der Waals surface area contributed by atoms with Crippen LogP contribution in [0.25, 0.3) is 6.08 Å². The van der Waals surface area contributed by atoms with E-state index in [1.807, 2.05) is 20.8 Å². The molecule has 22 heavy (non-hydrogen) atoms. The highest BCUT2D eigenvalue weighted by Gasteiger charge is 2.07. The molecular weight excluding hydrogens is 281 g/mol. The minimum atomic E-state index is -0.377. The van der Waals surface area contributed by atoms with E-state index in [0.717, 1.165) is 0 Å². The second kappa shape index (κ2) is 8.69. The van der Waals surface area contributed by atoms with Crippen molar-refractivity contribution < 1.29 is 13.9 Å². The lowest BCUT2D eigenvalue weighted by molar-refractivity contribution is -0.117. The van der Waals surface area contributed by atoms with Gasteiger partial charge in [-0.2, -0.15) is 0 Å². The van der Waals surface area contributed by atoms with Gasteiger partial charge in [-0.3, -0.25) is 4.79 Å². The lowest BCUT2D eigenvalue weighted by Gasteiger charge is -2.17. The lowest BCUT2D eigenvalue weighted by Crippen LogP contribution is -2.33. The average Bonchev–Trinajstić information content (AvgIpc) is 2.41. The van der Waals surface area contributed by atoms with Crippen molar-refractivity contribution >= 4 is 11.9 Å². The highest BCUT2D eigenvalue weighted by molar-refractivity contribution is 5.94. The fourth-order valence-corrected chi connectivity index (χ4v) is 1.80. The van der Waals surface area contributed by atoms with Gasteiger partial charge in [0.1, 0.15) is 17.7 Å². The third-order valence-electron chi connectivity index (χ3n) is 3.05. The first-order valence-electron chi connectivity index (χ1n) is 7.70. The molecule has 0 aliphatic rings. The van der Waals surface area contributed by atoms with Gasteiger partial charge >= 0.3 is 0 Å². The van der Waals surface area contributed by atoms with E-state index < -0.39 is 0 Å². The van der Waals surface area contributed by atoms with Crippen LogP contribution in [0.15, 0.2) is 24.3 Å². The molecule has 4 heteroatoms. The van der Waals surface area contributed by atoms with Gasteiger partial charge in [-0.1, -0.05) is 33.8 Å². The summed E-state index contributed by atoms with van der Waals surface area (Å²) in [4.78, 5) is 11.6. The molecule has 0 radical (unpaired) electrons. The Labute approximate surface area is 132 Å². The van der Waals surface area contributed by atoms with Crippen molar-refractivity contribution in [1.82, 2.24) is 5.32 Å². The van der Waals surface area contributed by atoms with Gasteiger partial charge in [0, 0.05) is 24.6 Å². The number of allylic oxidation sites excluding steroid dienone is 1. The molecule has 1 N–H and O–H groups in total. The largest absolute Gasteiger partial charge is 0.489 e. The number of hydrogen-bond acceptors (Lipinski definition) is 3. The van der Waals surface area contributed by atoms with Crippen molar-refractivity contribution in [1.29, 1.82) is 0 Å². The quantitative estimate of drug-likeness (QED) is 0.742. The van der Waals surface area contributed by atoms with Gasteiger partial charge in [-0.15, -0.1) is 0 Å². The van der Waals surface area contributed by atoms with E-state index in [9.17, 15) is 9.18 Å². The van der Waals surface area contributed by atoms with Crippen molar-refractivity contribution in [2.45, 2.75) is 46.8 Å². The van der Waals surface area contributed by atoms with E-state index in [4.69, 9.17) is 4.74 Å². The molecule has 1 aromatic carbocycles. The maximum absolute atomic E-state index is 13.7. The monoisotopic (exact) mass is 307 g/mol. The first kappa shape index (κ1) is 18.4. The molecule has 1 atom stereocenters. The summed E-state index contributed by atoms with van der Waals surface area (Å²) in [6.07, 6.45) is 3.03. The zero-order valence-corrected chi connectivity index (χ0v) is 14.0.